The lowest BCUT2D eigenvalue weighted by atomic mass is 10.4. The van der Waals surface area contributed by atoms with Gasteiger partial charge < -0.3 is 0 Å². The van der Waals surface area contributed by atoms with Gasteiger partial charge in [-0.2, -0.15) is 0 Å². The molecule has 1 nitrogen and oxygen atoms in total. The maximum absolute atomic E-state index is 2.88. The van der Waals surface area contributed by atoms with Gasteiger partial charge in [0.05, 0.1) is 0 Å². The highest BCUT2D eigenvalue weighted by Crippen LogP contribution is 2.44. The van der Waals surface area contributed by atoms with E-state index in [4.69, 9.17) is 0 Å². The molecule has 0 aromatic rings. The molecule has 0 amide bonds. The molecule has 0 aliphatic carbocycles. The third-order valence-corrected chi connectivity index (χ3v) is 10.1. The molecular weight excluding hydrogens is 328 g/mol. The van der Waals surface area contributed by atoms with Crippen molar-refractivity contribution >= 4 is 15.8 Å². The molecule has 0 spiro atoms. The fourth-order valence-electron chi connectivity index (χ4n) is 2.92. The van der Waals surface area contributed by atoms with Crippen LogP contribution >= 0.6 is 15.8 Å². The maximum atomic E-state index is 2.88. The summed E-state index contributed by atoms with van der Waals surface area (Å²) < 4.78 is 0. The number of rotatable bonds is 17. The molecule has 0 bridgehead atoms. The SMILES string of the molecule is CCCCP(CCCC)CN(CP(CCCC)CCCC)C(C)C. The molecule has 0 fully saturated rings. The Morgan fingerprint density at radius 1 is 0.583 bits per heavy atom. The van der Waals surface area contributed by atoms with Crippen LogP contribution in [0, 0.1) is 0 Å². The normalized spacial score (nSPS) is 12.2. The Kier molecular flexibility index (Phi) is 17.8. The van der Waals surface area contributed by atoms with E-state index in [1.807, 2.05) is 0 Å². The van der Waals surface area contributed by atoms with Crippen LogP contribution in [-0.4, -0.2) is 48.2 Å². The molecule has 3 heteroatoms. The molecule has 0 unspecified atom stereocenters. The molecule has 0 aromatic heterocycles. The first-order valence-electron chi connectivity index (χ1n) is 10.8. The Labute approximate surface area is 157 Å². The van der Waals surface area contributed by atoms with Crippen molar-refractivity contribution in [3.63, 3.8) is 0 Å². The van der Waals surface area contributed by atoms with Crippen LogP contribution in [0.3, 0.4) is 0 Å². The first-order valence-corrected chi connectivity index (χ1v) is 14.6. The van der Waals surface area contributed by atoms with E-state index in [0.29, 0.717) is 0 Å². The van der Waals surface area contributed by atoms with Gasteiger partial charge in [0.15, 0.2) is 0 Å². The van der Waals surface area contributed by atoms with Crippen LogP contribution in [-0.2, 0) is 0 Å². The van der Waals surface area contributed by atoms with Crippen LogP contribution < -0.4 is 0 Å². The second kappa shape index (κ2) is 17.2. The lowest BCUT2D eigenvalue weighted by molar-refractivity contribution is 0.302. The van der Waals surface area contributed by atoms with E-state index in [9.17, 15) is 0 Å². The van der Waals surface area contributed by atoms with E-state index in [2.05, 4.69) is 46.4 Å². The molecule has 0 aromatic carbocycles. The summed E-state index contributed by atoms with van der Waals surface area (Å²) in [5.41, 5.74) is 0. The monoisotopic (exact) mass is 375 g/mol. The van der Waals surface area contributed by atoms with Gasteiger partial charge in [-0.3, -0.25) is 4.90 Å². The van der Waals surface area contributed by atoms with Crippen molar-refractivity contribution in [2.75, 3.05) is 37.2 Å². The third kappa shape index (κ3) is 13.1. The number of unbranched alkanes of at least 4 members (excludes halogenated alkanes) is 4. The van der Waals surface area contributed by atoms with Gasteiger partial charge >= 0.3 is 0 Å². The fraction of sp³-hybridized carbons (Fsp3) is 1.00. The number of nitrogens with zero attached hydrogens (tertiary/aromatic N) is 1. The molecule has 0 saturated carbocycles. The molecule has 0 radical (unpaired) electrons. The summed E-state index contributed by atoms with van der Waals surface area (Å²) in [6.45, 7) is 14.3. The van der Waals surface area contributed by atoms with Crippen molar-refractivity contribution < 1.29 is 0 Å². The van der Waals surface area contributed by atoms with Gasteiger partial charge in [0.25, 0.3) is 0 Å². The van der Waals surface area contributed by atoms with Crippen molar-refractivity contribution in [2.45, 2.75) is 99.0 Å². The van der Waals surface area contributed by atoms with Crippen LogP contribution in [0.15, 0.2) is 0 Å². The van der Waals surface area contributed by atoms with Gasteiger partial charge in [-0.15, -0.1) is 0 Å². The minimum Gasteiger partial charge on any atom is -0.293 e. The molecule has 0 saturated heterocycles. The Morgan fingerprint density at radius 2 is 0.875 bits per heavy atom. The molecular formula is C21H47NP2. The van der Waals surface area contributed by atoms with Gasteiger partial charge in [-0.25, -0.2) is 0 Å². The molecule has 0 aliphatic heterocycles. The Hall–Kier alpha value is 0.820. The first kappa shape index (κ1) is 24.8. The van der Waals surface area contributed by atoms with Crippen LogP contribution in [0.4, 0.5) is 0 Å². The van der Waals surface area contributed by atoms with Gasteiger partial charge in [0.1, 0.15) is 0 Å². The van der Waals surface area contributed by atoms with Gasteiger partial charge in [0.2, 0.25) is 0 Å². The van der Waals surface area contributed by atoms with Crippen molar-refractivity contribution in [3.05, 3.63) is 0 Å². The zero-order valence-corrected chi connectivity index (χ0v) is 19.6. The summed E-state index contributed by atoms with van der Waals surface area (Å²) in [5.74, 6) is 0. The molecule has 24 heavy (non-hydrogen) atoms. The van der Waals surface area contributed by atoms with Crippen molar-refractivity contribution in [1.29, 1.82) is 0 Å². The Balaban J connectivity index is 4.67. The summed E-state index contributed by atoms with van der Waals surface area (Å²) in [6.07, 6.45) is 20.1. The summed E-state index contributed by atoms with van der Waals surface area (Å²) in [5, 5.41) is 0. The lowest BCUT2D eigenvalue weighted by Gasteiger charge is -2.34. The highest BCUT2D eigenvalue weighted by atomic mass is 31.1. The second-order valence-corrected chi connectivity index (χ2v) is 12.7. The zero-order valence-electron chi connectivity index (χ0n) is 17.8. The van der Waals surface area contributed by atoms with Crippen LogP contribution in [0.5, 0.6) is 0 Å². The van der Waals surface area contributed by atoms with E-state index < -0.39 is 0 Å². The molecule has 0 rings (SSSR count). The van der Waals surface area contributed by atoms with E-state index in [-0.39, 0.29) is 15.8 Å². The van der Waals surface area contributed by atoms with Gasteiger partial charge in [-0.1, -0.05) is 69.2 Å². The van der Waals surface area contributed by atoms with Crippen molar-refractivity contribution in [2.24, 2.45) is 0 Å². The predicted octanol–water partition coefficient (Wildman–Crippen LogP) is 7.78. The van der Waals surface area contributed by atoms with Gasteiger partial charge in [0, 0.05) is 18.6 Å². The van der Waals surface area contributed by atoms with Crippen LogP contribution in [0.1, 0.15) is 92.9 Å². The second-order valence-electron chi connectivity index (χ2n) is 7.62. The average Bonchev–Trinajstić information content (AvgIpc) is 2.58. The topological polar surface area (TPSA) is 3.24 Å². The smallest absolute Gasteiger partial charge is 0.0190 e. The predicted molar refractivity (Wildman–Crippen MR) is 120 cm³/mol. The standard InChI is InChI=1S/C21H47NP2/c1-7-11-15-23(16-12-8-2)19-22(21(5)6)20-24(17-13-9-3)18-14-10-4/h21H,7-20H2,1-6H3. The molecule has 0 heterocycles. The summed E-state index contributed by atoms with van der Waals surface area (Å²) in [7, 11) is 0.471. The van der Waals surface area contributed by atoms with Crippen LogP contribution in [0.2, 0.25) is 0 Å². The highest BCUT2D eigenvalue weighted by Gasteiger charge is 2.19. The fourth-order valence-corrected chi connectivity index (χ4v) is 9.02. The minimum absolute atomic E-state index is 0.236. The quantitative estimate of drug-likeness (QED) is 0.235. The molecule has 146 valence electrons. The minimum atomic E-state index is 0.236. The van der Waals surface area contributed by atoms with Crippen LogP contribution in [0.25, 0.3) is 0 Å². The molecule has 0 aliphatic rings. The zero-order chi connectivity index (χ0) is 18.2. The first-order chi connectivity index (χ1) is 11.6. The average molecular weight is 376 g/mol. The maximum Gasteiger partial charge on any atom is 0.0190 e. The summed E-state index contributed by atoms with van der Waals surface area (Å²) in [4.78, 5) is 2.88. The van der Waals surface area contributed by atoms with Crippen molar-refractivity contribution in [3.8, 4) is 0 Å². The largest absolute Gasteiger partial charge is 0.293 e. The molecule has 0 atom stereocenters. The number of hydrogen-bond donors (Lipinski definition) is 0. The number of hydrogen-bond acceptors (Lipinski definition) is 1. The summed E-state index contributed by atoms with van der Waals surface area (Å²) >= 11 is 0. The highest BCUT2D eigenvalue weighted by molar-refractivity contribution is 7.58. The van der Waals surface area contributed by atoms with Crippen molar-refractivity contribution in [1.82, 2.24) is 4.90 Å². The van der Waals surface area contributed by atoms with E-state index in [1.165, 1.54) is 88.6 Å². The third-order valence-electron chi connectivity index (χ3n) is 4.81. The van der Waals surface area contributed by atoms with E-state index >= 15 is 0 Å². The molecule has 0 N–H and O–H groups in total. The Bertz CT molecular complexity index is 220. The Morgan fingerprint density at radius 3 is 1.08 bits per heavy atom. The van der Waals surface area contributed by atoms with E-state index in [1.54, 1.807) is 0 Å². The van der Waals surface area contributed by atoms with E-state index in [0.717, 1.165) is 6.04 Å². The lowest BCUT2D eigenvalue weighted by Crippen LogP contribution is -2.32. The van der Waals surface area contributed by atoms with Gasteiger partial charge in [-0.05, 0) is 64.2 Å². The summed E-state index contributed by atoms with van der Waals surface area (Å²) in [6, 6.07) is 0.728.